The van der Waals surface area contributed by atoms with Crippen molar-refractivity contribution in [2.24, 2.45) is 0 Å². The van der Waals surface area contributed by atoms with Gasteiger partial charge in [-0.2, -0.15) is 0 Å². The number of carbonyl (C=O) groups excluding carboxylic acids is 2. The van der Waals surface area contributed by atoms with Crippen LogP contribution in [0.25, 0.3) is 21.9 Å². The van der Waals surface area contributed by atoms with Crippen LogP contribution in [0, 0.1) is 12.7 Å². The third-order valence-electron chi connectivity index (χ3n) is 6.36. The summed E-state index contributed by atoms with van der Waals surface area (Å²) in [5, 5.41) is 18.4. The number of benzene rings is 1. The first-order chi connectivity index (χ1) is 18.9. The SMILES string of the molecule is Cc1c(-c2cc3cc(NC(=O)NC4CC4)ncc3c(NC(=O)OC(C)(C)C)c2F)cnc2c1N(C(=O)O)CCO2. The summed E-state index contributed by atoms with van der Waals surface area (Å²) < 4.78 is 27.1. The van der Waals surface area contributed by atoms with E-state index in [1.54, 1.807) is 33.8 Å². The van der Waals surface area contributed by atoms with E-state index < -0.39 is 29.6 Å². The first kappa shape index (κ1) is 26.9. The Balaban J connectivity index is 1.64. The fourth-order valence-corrected chi connectivity index (χ4v) is 4.43. The zero-order valence-corrected chi connectivity index (χ0v) is 22.4. The molecule has 4 N–H and O–H groups in total. The van der Waals surface area contributed by atoms with Crippen LogP contribution >= 0.6 is 0 Å². The van der Waals surface area contributed by atoms with Gasteiger partial charge in [0.15, 0.2) is 5.82 Å². The topological polar surface area (TPSA) is 155 Å². The summed E-state index contributed by atoms with van der Waals surface area (Å²) in [6.45, 7) is 6.92. The Hall–Kier alpha value is -4.68. The second kappa shape index (κ2) is 10.1. The van der Waals surface area contributed by atoms with Crippen molar-refractivity contribution in [2.75, 3.05) is 28.7 Å². The number of nitrogens with one attached hydrogen (secondary N) is 3. The van der Waals surface area contributed by atoms with Crippen LogP contribution in [-0.4, -0.2) is 58.1 Å². The largest absolute Gasteiger partial charge is 0.474 e. The molecule has 210 valence electrons. The molecule has 12 nitrogen and oxygen atoms in total. The number of halogens is 1. The lowest BCUT2D eigenvalue weighted by molar-refractivity contribution is 0.0635. The second-order valence-electron chi connectivity index (χ2n) is 10.6. The van der Waals surface area contributed by atoms with Crippen LogP contribution in [0.3, 0.4) is 0 Å². The summed E-state index contributed by atoms with van der Waals surface area (Å²) in [4.78, 5) is 46.5. The summed E-state index contributed by atoms with van der Waals surface area (Å²) in [6.07, 6.45) is 2.51. The maximum absolute atomic E-state index is 16.2. The second-order valence-corrected chi connectivity index (χ2v) is 10.6. The highest BCUT2D eigenvalue weighted by molar-refractivity contribution is 6.05. The summed E-state index contributed by atoms with van der Waals surface area (Å²) >= 11 is 0. The highest BCUT2D eigenvalue weighted by Gasteiger charge is 2.30. The molecule has 40 heavy (non-hydrogen) atoms. The Bertz CT molecular complexity index is 1530. The normalized spacial score (nSPS) is 14.7. The molecule has 1 aromatic carbocycles. The van der Waals surface area contributed by atoms with E-state index in [0.717, 1.165) is 17.7 Å². The van der Waals surface area contributed by atoms with Gasteiger partial charge in [-0.25, -0.2) is 28.7 Å². The maximum Gasteiger partial charge on any atom is 0.412 e. The van der Waals surface area contributed by atoms with E-state index in [-0.39, 0.29) is 53.2 Å². The van der Waals surface area contributed by atoms with Crippen molar-refractivity contribution in [1.82, 2.24) is 15.3 Å². The Morgan fingerprint density at radius 1 is 1.12 bits per heavy atom. The minimum atomic E-state index is -1.19. The van der Waals surface area contributed by atoms with E-state index in [2.05, 4.69) is 25.9 Å². The van der Waals surface area contributed by atoms with E-state index in [9.17, 15) is 19.5 Å². The van der Waals surface area contributed by atoms with Crippen molar-refractivity contribution in [3.8, 4) is 17.0 Å². The number of carboxylic acid groups (broad SMARTS) is 1. The molecule has 2 aromatic heterocycles. The van der Waals surface area contributed by atoms with Gasteiger partial charge in [0, 0.05) is 34.9 Å². The summed E-state index contributed by atoms with van der Waals surface area (Å²) in [5.74, 6) is -0.450. The van der Waals surface area contributed by atoms with Crippen LogP contribution in [0.5, 0.6) is 5.88 Å². The third-order valence-corrected chi connectivity index (χ3v) is 6.36. The zero-order chi connectivity index (χ0) is 28.8. The molecule has 1 aliphatic carbocycles. The van der Waals surface area contributed by atoms with Gasteiger partial charge in [0.05, 0.1) is 12.2 Å². The van der Waals surface area contributed by atoms with Crippen LogP contribution in [0.4, 0.5) is 36.0 Å². The van der Waals surface area contributed by atoms with Gasteiger partial charge in [0.1, 0.15) is 23.7 Å². The predicted octanol–water partition coefficient (Wildman–Crippen LogP) is 5.25. The quantitative estimate of drug-likeness (QED) is 0.342. The third kappa shape index (κ3) is 5.53. The van der Waals surface area contributed by atoms with Crippen molar-refractivity contribution in [3.63, 3.8) is 0 Å². The number of urea groups is 1. The first-order valence-electron chi connectivity index (χ1n) is 12.7. The summed E-state index contributed by atoms with van der Waals surface area (Å²) in [7, 11) is 0. The molecule has 3 aromatic rings. The van der Waals surface area contributed by atoms with Gasteiger partial charge in [-0.1, -0.05) is 0 Å². The zero-order valence-electron chi connectivity index (χ0n) is 22.4. The molecule has 0 unspecified atom stereocenters. The van der Waals surface area contributed by atoms with Gasteiger partial charge < -0.3 is 19.9 Å². The molecule has 2 aliphatic rings. The van der Waals surface area contributed by atoms with Crippen LogP contribution in [0.15, 0.2) is 24.5 Å². The van der Waals surface area contributed by atoms with Crippen molar-refractivity contribution in [2.45, 2.75) is 52.2 Å². The fraction of sp³-hybridized carbons (Fsp3) is 0.370. The number of carbonyl (C=O) groups is 3. The minimum absolute atomic E-state index is 0.0434. The molecule has 0 radical (unpaired) electrons. The number of pyridine rings is 2. The lowest BCUT2D eigenvalue weighted by Gasteiger charge is -2.29. The lowest BCUT2D eigenvalue weighted by Crippen LogP contribution is -2.37. The summed E-state index contributed by atoms with van der Waals surface area (Å²) in [6, 6.07) is 2.81. The van der Waals surface area contributed by atoms with Crippen molar-refractivity contribution in [1.29, 1.82) is 0 Å². The molecular weight excluding hydrogens is 523 g/mol. The Morgan fingerprint density at radius 2 is 1.88 bits per heavy atom. The highest BCUT2D eigenvalue weighted by Crippen LogP contribution is 2.42. The first-order valence-corrected chi connectivity index (χ1v) is 12.7. The number of rotatable bonds is 4. The van der Waals surface area contributed by atoms with E-state index in [4.69, 9.17) is 9.47 Å². The van der Waals surface area contributed by atoms with E-state index in [1.807, 2.05) is 0 Å². The molecule has 13 heteroatoms. The molecule has 0 saturated heterocycles. The maximum atomic E-state index is 16.2. The number of hydrogen-bond acceptors (Lipinski definition) is 7. The van der Waals surface area contributed by atoms with Crippen molar-refractivity contribution < 1.29 is 33.4 Å². The van der Waals surface area contributed by atoms with Gasteiger partial charge in [-0.3, -0.25) is 15.5 Å². The Labute approximate surface area is 228 Å². The van der Waals surface area contributed by atoms with E-state index in [1.165, 1.54) is 18.5 Å². The average molecular weight is 553 g/mol. The molecule has 5 rings (SSSR count). The molecule has 1 saturated carbocycles. The van der Waals surface area contributed by atoms with E-state index in [0.29, 0.717) is 16.5 Å². The molecule has 1 aliphatic heterocycles. The van der Waals surface area contributed by atoms with Crippen LogP contribution in [-0.2, 0) is 4.74 Å². The molecule has 0 bridgehead atoms. The van der Waals surface area contributed by atoms with Gasteiger partial charge in [-0.15, -0.1) is 0 Å². The fourth-order valence-electron chi connectivity index (χ4n) is 4.43. The standard InChI is InChI=1S/C27H29FN6O6/c1-13-17(11-30-23-22(13)34(26(37)38)7-8-39-23)16-9-14-10-19(32-24(35)31-15-5-6-15)29-12-18(14)21(20(16)28)33-25(36)40-27(2,3)4/h9-12,15H,5-8H2,1-4H3,(H,33,36)(H,37,38)(H2,29,31,32,35). The van der Waals surface area contributed by atoms with Gasteiger partial charge in [-0.05, 0) is 63.6 Å². The van der Waals surface area contributed by atoms with Crippen molar-refractivity contribution >= 4 is 46.2 Å². The Morgan fingerprint density at radius 3 is 2.55 bits per heavy atom. The van der Waals surface area contributed by atoms with Crippen molar-refractivity contribution in [3.05, 3.63) is 35.9 Å². The van der Waals surface area contributed by atoms with Gasteiger partial charge in [0.25, 0.3) is 0 Å². The molecule has 0 atom stereocenters. The predicted molar refractivity (Wildman–Crippen MR) is 146 cm³/mol. The molecular formula is C27H29FN6O6. The number of amides is 4. The molecule has 1 fully saturated rings. The smallest absolute Gasteiger partial charge is 0.412 e. The average Bonchev–Trinajstić information content (AvgIpc) is 3.68. The minimum Gasteiger partial charge on any atom is -0.474 e. The van der Waals surface area contributed by atoms with Crippen LogP contribution in [0.1, 0.15) is 39.2 Å². The lowest BCUT2D eigenvalue weighted by atomic mass is 9.96. The number of hydrogen-bond donors (Lipinski definition) is 4. The Kier molecular flexibility index (Phi) is 6.82. The summed E-state index contributed by atoms with van der Waals surface area (Å²) in [5.41, 5.74) is -0.0538. The number of fused-ring (bicyclic) bond motifs is 2. The monoisotopic (exact) mass is 552 g/mol. The number of nitrogens with zero attached hydrogens (tertiary/aromatic N) is 3. The number of anilines is 3. The van der Waals surface area contributed by atoms with Gasteiger partial charge in [0.2, 0.25) is 5.88 Å². The van der Waals surface area contributed by atoms with Crippen LogP contribution in [0.2, 0.25) is 0 Å². The molecule has 4 amide bonds. The molecule has 0 spiro atoms. The highest BCUT2D eigenvalue weighted by atomic mass is 19.1. The number of ether oxygens (including phenoxy) is 2. The van der Waals surface area contributed by atoms with Crippen LogP contribution < -0.4 is 25.6 Å². The molecule has 3 heterocycles. The van der Waals surface area contributed by atoms with E-state index >= 15 is 4.39 Å². The van der Waals surface area contributed by atoms with Gasteiger partial charge >= 0.3 is 18.2 Å². The number of aromatic nitrogens is 2.